The van der Waals surface area contributed by atoms with E-state index in [4.69, 9.17) is 9.47 Å². The van der Waals surface area contributed by atoms with Gasteiger partial charge in [-0.25, -0.2) is 0 Å². The highest BCUT2D eigenvalue weighted by molar-refractivity contribution is 5.39. The lowest BCUT2D eigenvalue weighted by atomic mass is 9.94. The van der Waals surface area contributed by atoms with Crippen LogP contribution in [0.2, 0.25) is 0 Å². The van der Waals surface area contributed by atoms with E-state index in [9.17, 15) is 10.2 Å². The van der Waals surface area contributed by atoms with Crippen LogP contribution < -0.4 is 0 Å². The van der Waals surface area contributed by atoms with Crippen molar-refractivity contribution in [2.45, 2.75) is 42.7 Å². The first-order valence-corrected chi connectivity index (χ1v) is 4.42. The van der Waals surface area contributed by atoms with Crippen molar-refractivity contribution < 1.29 is 19.7 Å². The van der Waals surface area contributed by atoms with E-state index in [1.54, 1.807) is 14.0 Å². The van der Waals surface area contributed by atoms with E-state index in [0.717, 1.165) is 0 Å². The molecule has 74 valence electrons. The van der Waals surface area contributed by atoms with Gasteiger partial charge in [-0.3, -0.25) is 0 Å². The van der Waals surface area contributed by atoms with Gasteiger partial charge in [0.25, 0.3) is 0 Å². The number of fused-ring (bicyclic) bond motifs is 3. The molecule has 0 bridgehead atoms. The molecule has 2 heterocycles. The van der Waals surface area contributed by atoms with E-state index in [1.165, 1.54) is 0 Å². The molecule has 0 amide bonds. The minimum absolute atomic E-state index is 0.151. The zero-order chi connectivity index (χ0) is 9.43. The minimum Gasteiger partial charge on any atom is -0.632 e. The first-order valence-electron chi connectivity index (χ1n) is 4.42. The predicted octanol–water partition coefficient (Wildman–Crippen LogP) is -1.02. The molecule has 5 nitrogen and oxygen atoms in total. The number of likely N-dealkylation sites (N-methyl/N-ethyl adjacent to an activating group) is 1. The van der Waals surface area contributed by atoms with Crippen LogP contribution in [0.15, 0.2) is 0 Å². The molecule has 0 radical (unpaired) electrons. The Bertz CT molecular complexity index is 271. The van der Waals surface area contributed by atoms with Gasteiger partial charge in [0, 0.05) is 5.72 Å². The second-order valence-corrected chi connectivity index (χ2v) is 4.01. The third-order valence-corrected chi connectivity index (χ3v) is 3.42. The monoisotopic (exact) mass is 186 g/mol. The number of hydrogen-bond acceptors (Lipinski definition) is 4. The maximum Gasteiger partial charge on any atom is 0.146 e. The maximum atomic E-state index is 10.1. The maximum absolute atomic E-state index is 10.1. The summed E-state index contributed by atoms with van der Waals surface area (Å²) in [6.07, 6.45) is -1.68. The highest BCUT2D eigenvalue weighted by Crippen LogP contribution is 2.67. The van der Waals surface area contributed by atoms with Crippen LogP contribution in [0, 0.1) is 0 Å². The van der Waals surface area contributed by atoms with Crippen molar-refractivity contribution in [1.29, 1.82) is 0 Å². The fraction of sp³-hybridized carbons (Fsp3) is 1.00. The van der Waals surface area contributed by atoms with E-state index in [-0.39, 0.29) is 18.3 Å². The Labute approximate surface area is 75.6 Å². The van der Waals surface area contributed by atoms with Crippen LogP contribution in [0.3, 0.4) is 0 Å². The number of rotatable bonds is 2. The summed E-state index contributed by atoms with van der Waals surface area (Å²) in [5, 5.41) is 23.7. The molecule has 6 atom stereocenters. The fourth-order valence-corrected chi connectivity index (χ4v) is 2.48. The first-order chi connectivity index (χ1) is 6.07. The van der Waals surface area contributed by atoms with Crippen LogP contribution >= 0.6 is 0 Å². The van der Waals surface area contributed by atoms with Crippen LogP contribution in [0.25, 0.3) is 5.32 Å². The van der Waals surface area contributed by atoms with E-state index in [2.05, 4.69) is 5.32 Å². The van der Waals surface area contributed by atoms with Gasteiger partial charge in [-0.1, -0.05) is 0 Å². The van der Waals surface area contributed by atoms with E-state index in [0.29, 0.717) is 0 Å². The van der Waals surface area contributed by atoms with Gasteiger partial charge in [-0.15, -0.1) is 0 Å². The van der Waals surface area contributed by atoms with Gasteiger partial charge in [0.05, 0.1) is 12.2 Å². The molecule has 3 aliphatic rings. The Hall–Kier alpha value is -0.200. The number of nitrogens with zero attached hydrogens (tertiary/aromatic N) is 1. The molecule has 0 aromatic rings. The molecule has 0 spiro atoms. The van der Waals surface area contributed by atoms with Crippen molar-refractivity contribution in [3.05, 3.63) is 5.32 Å². The molecule has 0 unspecified atom stereocenters. The minimum atomic E-state index is -1.26. The summed E-state index contributed by atoms with van der Waals surface area (Å²) in [4.78, 5) is 0. The lowest BCUT2D eigenvalue weighted by Crippen LogP contribution is -2.49. The quantitative estimate of drug-likeness (QED) is 0.541. The normalized spacial score (nSPS) is 64.2. The van der Waals surface area contributed by atoms with Gasteiger partial charge in [0.2, 0.25) is 0 Å². The summed E-state index contributed by atoms with van der Waals surface area (Å²) in [5.41, 5.74) is -1.92. The van der Waals surface area contributed by atoms with Crippen molar-refractivity contribution >= 4 is 0 Å². The van der Waals surface area contributed by atoms with Crippen LogP contribution in [0.4, 0.5) is 0 Å². The van der Waals surface area contributed by atoms with Crippen LogP contribution in [-0.2, 0) is 9.47 Å². The van der Waals surface area contributed by atoms with Crippen LogP contribution in [0.1, 0.15) is 6.92 Å². The molecule has 13 heavy (non-hydrogen) atoms. The molecule has 2 saturated heterocycles. The lowest BCUT2D eigenvalue weighted by Gasteiger charge is -2.27. The van der Waals surface area contributed by atoms with Gasteiger partial charge in [-0.05, 0) is 6.92 Å². The molecular formula is C8H12NO4-. The molecule has 2 aliphatic heterocycles. The highest BCUT2D eigenvalue weighted by Gasteiger charge is 2.83. The second kappa shape index (κ2) is 1.92. The number of ether oxygens (including phenoxy) is 2. The third kappa shape index (κ3) is 0.649. The zero-order valence-electron chi connectivity index (χ0n) is 7.47. The van der Waals surface area contributed by atoms with Crippen molar-refractivity contribution in [1.82, 2.24) is 0 Å². The van der Waals surface area contributed by atoms with Gasteiger partial charge >= 0.3 is 0 Å². The highest BCUT2D eigenvalue weighted by atomic mass is 16.7. The zero-order valence-corrected chi connectivity index (χ0v) is 7.47. The van der Waals surface area contributed by atoms with Gasteiger partial charge < -0.3 is 25.0 Å². The van der Waals surface area contributed by atoms with Crippen molar-refractivity contribution in [2.24, 2.45) is 0 Å². The predicted molar refractivity (Wildman–Crippen MR) is 42.2 cm³/mol. The molecule has 3 fully saturated rings. The summed E-state index contributed by atoms with van der Waals surface area (Å²) in [5.74, 6) is 0. The van der Waals surface area contributed by atoms with E-state index in [1.807, 2.05) is 0 Å². The Morgan fingerprint density at radius 3 is 2.54 bits per heavy atom. The number of aliphatic hydroxyl groups is 2. The summed E-state index contributed by atoms with van der Waals surface area (Å²) in [7, 11) is 1.65. The molecule has 3 rings (SSSR count). The van der Waals surface area contributed by atoms with Gasteiger partial charge in [0.15, 0.2) is 0 Å². The van der Waals surface area contributed by atoms with Crippen molar-refractivity contribution in [3.8, 4) is 0 Å². The topological polar surface area (TPSA) is 79.6 Å². The lowest BCUT2D eigenvalue weighted by molar-refractivity contribution is -0.0980. The second-order valence-electron chi connectivity index (χ2n) is 4.01. The Balaban J connectivity index is 1.95. The summed E-state index contributed by atoms with van der Waals surface area (Å²) < 4.78 is 10.6. The molecule has 2 N–H and O–H groups in total. The smallest absolute Gasteiger partial charge is 0.146 e. The molecule has 0 aromatic heterocycles. The van der Waals surface area contributed by atoms with Gasteiger partial charge in [-0.2, -0.15) is 7.05 Å². The van der Waals surface area contributed by atoms with Crippen LogP contribution in [-0.4, -0.2) is 53.0 Å². The number of aliphatic hydroxyl groups excluding tert-OH is 1. The van der Waals surface area contributed by atoms with Crippen LogP contribution in [0.5, 0.6) is 0 Å². The largest absolute Gasteiger partial charge is 0.632 e. The number of hydrogen-bond donors (Lipinski definition) is 2. The molecule has 1 aliphatic carbocycles. The standard InChI is InChI=1S/C8H12NO4/c1-3(10)7(11)4-5(12-4)8(9-2)6(7)13-8/h3-6,10-11H,1-2H3/q-1/t3-,4-,5+,6-,7-,8+/m1/s1. The third-order valence-electron chi connectivity index (χ3n) is 3.42. The van der Waals surface area contributed by atoms with E-state index >= 15 is 0 Å². The van der Waals surface area contributed by atoms with Gasteiger partial charge in [0.1, 0.15) is 17.8 Å². The summed E-state index contributed by atoms with van der Waals surface area (Å²) in [6.45, 7) is 1.55. The summed E-state index contributed by atoms with van der Waals surface area (Å²) in [6, 6.07) is 0. The van der Waals surface area contributed by atoms with Crippen molar-refractivity contribution in [2.75, 3.05) is 7.05 Å². The average Bonchev–Trinajstić information content (AvgIpc) is 2.95. The van der Waals surface area contributed by atoms with Crippen molar-refractivity contribution in [3.63, 3.8) is 0 Å². The Kier molecular flexibility index (Phi) is 1.20. The fourth-order valence-electron chi connectivity index (χ4n) is 2.48. The molecule has 0 aromatic carbocycles. The Morgan fingerprint density at radius 1 is 1.46 bits per heavy atom. The summed E-state index contributed by atoms with van der Waals surface area (Å²) >= 11 is 0. The average molecular weight is 186 g/mol. The van der Waals surface area contributed by atoms with E-state index < -0.39 is 17.4 Å². The SMILES string of the molecule is C[N-][C@@]12O[C@@H]1[C@@](O)([C@@H](C)O)[C@@H]1O[C@@H]12. The molecule has 5 heteroatoms. The first kappa shape index (κ1) is 8.14. The number of epoxide rings is 2. The Morgan fingerprint density at radius 2 is 2.15 bits per heavy atom. The molecule has 1 saturated carbocycles. The molecular weight excluding hydrogens is 174 g/mol.